The van der Waals surface area contributed by atoms with E-state index in [2.05, 4.69) is 0 Å². The summed E-state index contributed by atoms with van der Waals surface area (Å²) >= 11 is 5.90. The predicted molar refractivity (Wildman–Crippen MR) is 68.7 cm³/mol. The van der Waals surface area contributed by atoms with Gasteiger partial charge in [0, 0.05) is 18.6 Å². The zero-order chi connectivity index (χ0) is 13.1. The van der Waals surface area contributed by atoms with Crippen LogP contribution >= 0.6 is 11.6 Å². The number of Topliss-reactive ketones (excluding diaryl/α,β-unsaturated/α-hetero) is 1. The third kappa shape index (κ3) is 3.09. The lowest BCUT2D eigenvalue weighted by atomic mass is 10.0. The Kier molecular flexibility index (Phi) is 4.36. The Labute approximate surface area is 111 Å². The summed E-state index contributed by atoms with van der Waals surface area (Å²) in [6, 6.07) is 2.73. The third-order valence-corrected chi connectivity index (χ3v) is 3.58. The molecule has 98 valence electrons. The average molecular weight is 271 g/mol. The van der Waals surface area contributed by atoms with Crippen LogP contribution < -0.4 is 0 Å². The number of ketones is 1. The average Bonchev–Trinajstić information content (AvgIpc) is 2.84. The van der Waals surface area contributed by atoms with Gasteiger partial charge in [0.2, 0.25) is 0 Å². The third-order valence-electron chi connectivity index (χ3n) is 3.27. The number of halogens is 2. The van der Waals surface area contributed by atoms with Crippen LogP contribution in [0.15, 0.2) is 12.1 Å². The molecule has 0 aliphatic carbocycles. The molecule has 1 atom stereocenters. The van der Waals surface area contributed by atoms with Crippen molar-refractivity contribution in [3.05, 3.63) is 34.1 Å². The van der Waals surface area contributed by atoms with Gasteiger partial charge in [0.05, 0.1) is 11.1 Å². The van der Waals surface area contributed by atoms with Crippen molar-refractivity contribution in [2.24, 2.45) is 0 Å². The lowest BCUT2D eigenvalue weighted by molar-refractivity contribution is 0.0859. The first-order valence-electron chi connectivity index (χ1n) is 6.18. The van der Waals surface area contributed by atoms with Crippen molar-refractivity contribution in [2.75, 3.05) is 6.61 Å². The first-order chi connectivity index (χ1) is 8.58. The summed E-state index contributed by atoms with van der Waals surface area (Å²) in [5, 5.41) is 0.190. The molecular formula is C14H16ClFO2. The molecule has 0 amide bonds. The maximum atomic E-state index is 13.2. The van der Waals surface area contributed by atoms with Crippen LogP contribution in [0.3, 0.4) is 0 Å². The molecule has 1 saturated heterocycles. The van der Waals surface area contributed by atoms with Gasteiger partial charge in [0.25, 0.3) is 0 Å². The molecule has 1 unspecified atom stereocenters. The van der Waals surface area contributed by atoms with Gasteiger partial charge >= 0.3 is 0 Å². The summed E-state index contributed by atoms with van der Waals surface area (Å²) in [7, 11) is 0. The smallest absolute Gasteiger partial charge is 0.164 e. The highest BCUT2D eigenvalue weighted by molar-refractivity contribution is 6.34. The maximum absolute atomic E-state index is 13.2. The Morgan fingerprint density at radius 2 is 2.33 bits per heavy atom. The van der Waals surface area contributed by atoms with Crippen LogP contribution in [0.2, 0.25) is 5.02 Å². The number of aryl methyl sites for hydroxylation is 1. The zero-order valence-corrected chi connectivity index (χ0v) is 11.1. The number of carbonyl (C=O) groups excluding carboxylic acids is 1. The quantitative estimate of drug-likeness (QED) is 0.775. The predicted octanol–water partition coefficient (Wildman–Crippen LogP) is 3.93. The minimum atomic E-state index is -0.379. The molecule has 1 heterocycles. The SMILES string of the molecule is Cc1cc(C(=O)CCC2CCCO2)c(Cl)cc1F. The number of carbonyl (C=O) groups is 1. The van der Waals surface area contributed by atoms with Gasteiger partial charge < -0.3 is 4.74 Å². The highest BCUT2D eigenvalue weighted by atomic mass is 35.5. The minimum Gasteiger partial charge on any atom is -0.378 e. The molecule has 1 aromatic carbocycles. The van der Waals surface area contributed by atoms with E-state index < -0.39 is 0 Å². The molecule has 18 heavy (non-hydrogen) atoms. The van der Waals surface area contributed by atoms with Gasteiger partial charge in [-0.3, -0.25) is 4.79 Å². The highest BCUT2D eigenvalue weighted by Crippen LogP contribution is 2.24. The van der Waals surface area contributed by atoms with Crippen LogP contribution in [0.4, 0.5) is 4.39 Å². The van der Waals surface area contributed by atoms with E-state index in [-0.39, 0.29) is 22.7 Å². The van der Waals surface area contributed by atoms with Crippen molar-refractivity contribution in [1.29, 1.82) is 0 Å². The van der Waals surface area contributed by atoms with Crippen molar-refractivity contribution in [3.8, 4) is 0 Å². The summed E-state index contributed by atoms with van der Waals surface area (Å²) in [6.07, 6.45) is 3.38. The van der Waals surface area contributed by atoms with Crippen LogP contribution in [-0.2, 0) is 4.74 Å². The Morgan fingerprint density at radius 1 is 1.56 bits per heavy atom. The van der Waals surface area contributed by atoms with Gasteiger partial charge in [-0.2, -0.15) is 0 Å². The molecule has 1 fully saturated rings. The van der Waals surface area contributed by atoms with Crippen LogP contribution in [0.5, 0.6) is 0 Å². The standard InChI is InChI=1S/C14H16ClFO2/c1-9-7-11(12(15)8-13(9)16)14(17)5-4-10-3-2-6-18-10/h7-8,10H,2-6H2,1H3. The lowest BCUT2D eigenvalue weighted by Crippen LogP contribution is -2.09. The number of benzene rings is 1. The van der Waals surface area contributed by atoms with E-state index in [4.69, 9.17) is 16.3 Å². The van der Waals surface area contributed by atoms with Crippen molar-refractivity contribution in [1.82, 2.24) is 0 Å². The highest BCUT2D eigenvalue weighted by Gasteiger charge is 2.19. The number of hydrogen-bond acceptors (Lipinski definition) is 2. The molecule has 1 aliphatic heterocycles. The van der Waals surface area contributed by atoms with Crippen LogP contribution in [0, 0.1) is 12.7 Å². The molecule has 0 saturated carbocycles. The van der Waals surface area contributed by atoms with Crippen LogP contribution in [0.25, 0.3) is 0 Å². The molecule has 4 heteroatoms. The molecule has 2 rings (SSSR count). The first kappa shape index (κ1) is 13.5. The molecule has 0 radical (unpaired) electrons. The van der Waals surface area contributed by atoms with Crippen LogP contribution in [-0.4, -0.2) is 18.5 Å². The fourth-order valence-electron chi connectivity index (χ4n) is 2.17. The Bertz CT molecular complexity index is 453. The summed E-state index contributed by atoms with van der Waals surface area (Å²) in [5.74, 6) is -0.422. The Hall–Kier alpha value is -0.930. The second-order valence-electron chi connectivity index (χ2n) is 4.68. The summed E-state index contributed by atoms with van der Waals surface area (Å²) < 4.78 is 18.7. The maximum Gasteiger partial charge on any atom is 0.164 e. The van der Waals surface area contributed by atoms with E-state index in [0.717, 1.165) is 19.4 Å². The van der Waals surface area contributed by atoms with Crippen molar-refractivity contribution in [2.45, 2.75) is 38.7 Å². The molecular weight excluding hydrogens is 255 g/mol. The summed E-state index contributed by atoms with van der Waals surface area (Å²) in [4.78, 5) is 12.0. The number of rotatable bonds is 4. The number of hydrogen-bond donors (Lipinski definition) is 0. The lowest BCUT2D eigenvalue weighted by Gasteiger charge is -2.09. The van der Waals surface area contributed by atoms with E-state index in [1.165, 1.54) is 12.1 Å². The fourth-order valence-corrected chi connectivity index (χ4v) is 2.43. The summed E-state index contributed by atoms with van der Waals surface area (Å²) in [6.45, 7) is 2.41. The Balaban J connectivity index is 2.01. The molecule has 0 aromatic heterocycles. The topological polar surface area (TPSA) is 26.3 Å². The molecule has 1 aliphatic rings. The van der Waals surface area contributed by atoms with E-state index in [0.29, 0.717) is 24.0 Å². The van der Waals surface area contributed by atoms with E-state index >= 15 is 0 Å². The fraction of sp³-hybridized carbons (Fsp3) is 0.500. The minimum absolute atomic E-state index is 0.0430. The molecule has 0 N–H and O–H groups in total. The molecule has 2 nitrogen and oxygen atoms in total. The first-order valence-corrected chi connectivity index (χ1v) is 6.56. The van der Waals surface area contributed by atoms with Crippen molar-refractivity contribution >= 4 is 17.4 Å². The van der Waals surface area contributed by atoms with Gasteiger partial charge in [-0.05, 0) is 43.9 Å². The zero-order valence-electron chi connectivity index (χ0n) is 10.3. The molecule has 0 spiro atoms. The molecule has 0 bridgehead atoms. The van der Waals surface area contributed by atoms with Crippen LogP contribution in [0.1, 0.15) is 41.6 Å². The molecule has 1 aromatic rings. The van der Waals surface area contributed by atoms with Gasteiger partial charge in [-0.25, -0.2) is 4.39 Å². The number of ether oxygens (including phenoxy) is 1. The second kappa shape index (κ2) is 5.81. The normalized spacial score (nSPS) is 19.2. The largest absolute Gasteiger partial charge is 0.378 e. The Morgan fingerprint density at radius 3 is 3.00 bits per heavy atom. The van der Waals surface area contributed by atoms with E-state index in [9.17, 15) is 9.18 Å². The summed E-state index contributed by atoms with van der Waals surface area (Å²) in [5.41, 5.74) is 0.855. The van der Waals surface area contributed by atoms with E-state index in [1.807, 2.05) is 0 Å². The van der Waals surface area contributed by atoms with Crippen molar-refractivity contribution in [3.63, 3.8) is 0 Å². The van der Waals surface area contributed by atoms with E-state index in [1.54, 1.807) is 6.92 Å². The van der Waals surface area contributed by atoms with Gasteiger partial charge in [0.1, 0.15) is 5.82 Å². The van der Waals surface area contributed by atoms with Gasteiger partial charge in [-0.15, -0.1) is 0 Å². The van der Waals surface area contributed by atoms with Gasteiger partial charge in [-0.1, -0.05) is 11.6 Å². The van der Waals surface area contributed by atoms with Gasteiger partial charge in [0.15, 0.2) is 5.78 Å². The van der Waals surface area contributed by atoms with Crippen molar-refractivity contribution < 1.29 is 13.9 Å². The second-order valence-corrected chi connectivity index (χ2v) is 5.09. The monoisotopic (exact) mass is 270 g/mol.